The van der Waals surface area contributed by atoms with Crippen LogP contribution < -0.4 is 5.32 Å². The van der Waals surface area contributed by atoms with Gasteiger partial charge in [0.05, 0.1) is 5.56 Å². The van der Waals surface area contributed by atoms with Crippen LogP contribution in [0.25, 0.3) is 0 Å². The highest BCUT2D eigenvalue weighted by Gasteiger charge is 2.38. The van der Waals surface area contributed by atoms with E-state index in [-0.39, 0.29) is 11.5 Å². The average Bonchev–Trinajstić information content (AvgIpc) is 2.36. The molecule has 88 valence electrons. The zero-order chi connectivity index (χ0) is 12.1. The summed E-state index contributed by atoms with van der Waals surface area (Å²) in [6, 6.07) is 4.07. The van der Waals surface area contributed by atoms with Gasteiger partial charge in [-0.25, -0.2) is 0 Å². The maximum atomic E-state index is 12.5. The van der Waals surface area contributed by atoms with E-state index in [1.54, 1.807) is 6.07 Å². The summed E-state index contributed by atoms with van der Waals surface area (Å²) in [6.45, 7) is 6.04. The Morgan fingerprint density at radius 2 is 1.88 bits per heavy atom. The largest absolute Gasteiger partial charge is 0.416 e. The van der Waals surface area contributed by atoms with Crippen LogP contribution in [-0.2, 0) is 11.6 Å². The van der Waals surface area contributed by atoms with Crippen LogP contribution in [0.3, 0.4) is 0 Å². The van der Waals surface area contributed by atoms with E-state index < -0.39 is 11.7 Å². The fourth-order valence-corrected chi connectivity index (χ4v) is 2.05. The zero-order valence-electron chi connectivity index (χ0n) is 9.44. The molecule has 0 saturated heterocycles. The van der Waals surface area contributed by atoms with Crippen LogP contribution >= 0.6 is 0 Å². The molecule has 0 saturated carbocycles. The van der Waals surface area contributed by atoms with Crippen molar-refractivity contribution in [3.63, 3.8) is 0 Å². The van der Waals surface area contributed by atoms with Gasteiger partial charge in [0.2, 0.25) is 0 Å². The van der Waals surface area contributed by atoms with Gasteiger partial charge in [-0.1, -0.05) is 19.9 Å². The minimum Gasteiger partial charge on any atom is -0.381 e. The Morgan fingerprint density at radius 1 is 1.25 bits per heavy atom. The first kappa shape index (κ1) is 11.3. The van der Waals surface area contributed by atoms with Crippen molar-refractivity contribution in [2.45, 2.75) is 38.4 Å². The summed E-state index contributed by atoms with van der Waals surface area (Å²) in [5, 5.41) is 3.10. The van der Waals surface area contributed by atoms with Crippen LogP contribution in [0, 0.1) is 0 Å². The monoisotopic (exact) mass is 229 g/mol. The van der Waals surface area contributed by atoms with Crippen molar-refractivity contribution in [2.75, 3.05) is 5.32 Å². The Balaban J connectivity index is 2.49. The number of anilines is 1. The fraction of sp³-hybridized carbons (Fsp3) is 0.500. The van der Waals surface area contributed by atoms with Gasteiger partial charge in [-0.2, -0.15) is 13.2 Å². The van der Waals surface area contributed by atoms with Crippen molar-refractivity contribution in [2.24, 2.45) is 0 Å². The molecule has 1 N–H and O–H groups in total. The van der Waals surface area contributed by atoms with Crippen molar-refractivity contribution >= 4 is 5.69 Å². The van der Waals surface area contributed by atoms with Crippen LogP contribution in [-0.4, -0.2) is 6.04 Å². The Labute approximate surface area is 92.7 Å². The van der Waals surface area contributed by atoms with Gasteiger partial charge < -0.3 is 5.32 Å². The maximum absolute atomic E-state index is 12.5. The highest BCUT2D eigenvalue weighted by molar-refractivity contribution is 5.62. The number of rotatable bonds is 0. The molecule has 1 atom stereocenters. The van der Waals surface area contributed by atoms with E-state index in [9.17, 15) is 13.2 Å². The first-order valence-corrected chi connectivity index (χ1v) is 5.21. The van der Waals surface area contributed by atoms with Gasteiger partial charge in [0.25, 0.3) is 0 Å². The van der Waals surface area contributed by atoms with Crippen LogP contribution in [0.5, 0.6) is 0 Å². The number of fused-ring (bicyclic) bond motifs is 1. The Morgan fingerprint density at radius 3 is 2.44 bits per heavy atom. The molecular formula is C12H14F3N. The number of halogens is 3. The summed E-state index contributed by atoms with van der Waals surface area (Å²) < 4.78 is 37.6. The molecule has 1 aromatic carbocycles. The smallest absolute Gasteiger partial charge is 0.381 e. The molecule has 0 amide bonds. The molecule has 1 heterocycles. The molecule has 1 nitrogen and oxygen atoms in total. The summed E-state index contributed by atoms with van der Waals surface area (Å²) in [6.07, 6.45) is -4.27. The second kappa shape index (κ2) is 3.15. The Bertz CT molecular complexity index is 421. The molecule has 0 aliphatic carbocycles. The highest BCUT2D eigenvalue weighted by atomic mass is 19.4. The van der Waals surface area contributed by atoms with Crippen molar-refractivity contribution in [1.82, 2.24) is 0 Å². The first-order chi connectivity index (χ1) is 7.23. The highest BCUT2D eigenvalue weighted by Crippen LogP contribution is 2.43. The van der Waals surface area contributed by atoms with Gasteiger partial charge in [-0.15, -0.1) is 0 Å². The third-order valence-corrected chi connectivity index (χ3v) is 3.50. The predicted molar refractivity (Wildman–Crippen MR) is 57.6 cm³/mol. The summed E-state index contributed by atoms with van der Waals surface area (Å²) >= 11 is 0. The molecule has 2 rings (SSSR count). The lowest BCUT2D eigenvalue weighted by molar-refractivity contribution is -0.137. The van der Waals surface area contributed by atoms with Crippen LogP contribution in [0.4, 0.5) is 18.9 Å². The lowest BCUT2D eigenvalue weighted by Gasteiger charge is -2.23. The minimum atomic E-state index is -4.27. The number of hydrogen-bond acceptors (Lipinski definition) is 1. The van der Waals surface area contributed by atoms with Crippen molar-refractivity contribution in [3.05, 3.63) is 29.3 Å². The molecule has 1 aromatic rings. The number of nitrogens with one attached hydrogen (secondary N) is 1. The number of alkyl halides is 3. The molecule has 16 heavy (non-hydrogen) atoms. The van der Waals surface area contributed by atoms with E-state index in [0.717, 1.165) is 11.6 Å². The standard InChI is InChI=1S/C12H14F3N/c1-7-11(2,3)9-5-4-8(12(13,14)15)6-10(9)16-7/h4-7,16H,1-3H3. The van der Waals surface area contributed by atoms with Crippen LogP contribution in [0.1, 0.15) is 31.9 Å². The lowest BCUT2D eigenvalue weighted by atomic mass is 9.81. The molecule has 0 aromatic heterocycles. The number of benzene rings is 1. The van der Waals surface area contributed by atoms with E-state index in [2.05, 4.69) is 5.32 Å². The van der Waals surface area contributed by atoms with E-state index in [4.69, 9.17) is 0 Å². The SMILES string of the molecule is CC1Nc2cc(C(F)(F)F)ccc2C1(C)C. The second-order valence-electron chi connectivity index (χ2n) is 4.85. The Hall–Kier alpha value is -1.19. The molecule has 1 unspecified atom stereocenters. The predicted octanol–water partition coefficient (Wildman–Crippen LogP) is 3.80. The van der Waals surface area contributed by atoms with Gasteiger partial charge in [-0.05, 0) is 24.6 Å². The van der Waals surface area contributed by atoms with Crippen molar-refractivity contribution < 1.29 is 13.2 Å². The van der Waals surface area contributed by atoms with E-state index in [1.807, 2.05) is 20.8 Å². The lowest BCUT2D eigenvalue weighted by Crippen LogP contribution is -2.29. The maximum Gasteiger partial charge on any atom is 0.416 e. The second-order valence-corrected chi connectivity index (χ2v) is 4.85. The molecule has 1 aliphatic rings. The molecule has 0 bridgehead atoms. The molecule has 4 heteroatoms. The summed E-state index contributed by atoms with van der Waals surface area (Å²) in [5.41, 5.74) is 0.836. The molecule has 1 aliphatic heterocycles. The minimum absolute atomic E-state index is 0.126. The number of hydrogen-bond donors (Lipinski definition) is 1. The molecule has 0 fully saturated rings. The van der Waals surface area contributed by atoms with E-state index in [1.165, 1.54) is 6.07 Å². The fourth-order valence-electron chi connectivity index (χ4n) is 2.05. The zero-order valence-corrected chi connectivity index (χ0v) is 9.44. The van der Waals surface area contributed by atoms with Crippen molar-refractivity contribution in [3.8, 4) is 0 Å². The normalized spacial score (nSPS) is 22.8. The van der Waals surface area contributed by atoms with Gasteiger partial charge in [-0.3, -0.25) is 0 Å². The van der Waals surface area contributed by atoms with Gasteiger partial charge in [0.1, 0.15) is 0 Å². The molecular weight excluding hydrogens is 215 g/mol. The van der Waals surface area contributed by atoms with Gasteiger partial charge >= 0.3 is 6.18 Å². The van der Waals surface area contributed by atoms with E-state index in [0.29, 0.717) is 5.69 Å². The van der Waals surface area contributed by atoms with Crippen LogP contribution in [0.15, 0.2) is 18.2 Å². The topological polar surface area (TPSA) is 12.0 Å². The molecule has 0 spiro atoms. The summed E-state index contributed by atoms with van der Waals surface area (Å²) in [5.74, 6) is 0. The first-order valence-electron chi connectivity index (χ1n) is 5.21. The average molecular weight is 229 g/mol. The Kier molecular flexibility index (Phi) is 2.23. The van der Waals surface area contributed by atoms with E-state index >= 15 is 0 Å². The van der Waals surface area contributed by atoms with Gasteiger partial charge in [0, 0.05) is 17.1 Å². The summed E-state index contributed by atoms with van der Waals surface area (Å²) in [7, 11) is 0. The van der Waals surface area contributed by atoms with Crippen LogP contribution in [0.2, 0.25) is 0 Å². The van der Waals surface area contributed by atoms with Crippen molar-refractivity contribution in [1.29, 1.82) is 0 Å². The quantitative estimate of drug-likeness (QED) is 0.713. The van der Waals surface area contributed by atoms with Gasteiger partial charge in [0.15, 0.2) is 0 Å². The third-order valence-electron chi connectivity index (χ3n) is 3.50. The summed E-state index contributed by atoms with van der Waals surface area (Å²) in [4.78, 5) is 0. The molecule has 0 radical (unpaired) electrons. The third kappa shape index (κ3) is 1.56.